The molecule has 170 valence electrons. The van der Waals surface area contributed by atoms with Crippen molar-refractivity contribution in [3.8, 4) is 0 Å². The van der Waals surface area contributed by atoms with E-state index in [1.165, 1.54) is 11.8 Å². The monoisotopic (exact) mass is 459 g/mol. The summed E-state index contributed by atoms with van der Waals surface area (Å²) in [7, 11) is 4.23. The fourth-order valence-corrected chi connectivity index (χ4v) is 4.33. The third-order valence-corrected chi connectivity index (χ3v) is 6.56. The first-order chi connectivity index (χ1) is 16.0. The summed E-state index contributed by atoms with van der Waals surface area (Å²) in [5.41, 5.74) is 8.54. The lowest BCUT2D eigenvalue weighted by Gasteiger charge is -2.43. The maximum absolute atomic E-state index is 5.73. The Morgan fingerprint density at radius 2 is 2.03 bits per heavy atom. The number of aliphatic imine (C=N–C) groups is 1. The Bertz CT molecular complexity index is 1200. The molecule has 1 aromatic carbocycles. The number of thioether (sulfide) groups is 1. The molecule has 3 N–H and O–H groups in total. The first kappa shape index (κ1) is 23.0. The van der Waals surface area contributed by atoms with Crippen molar-refractivity contribution in [2.45, 2.75) is 6.04 Å². The smallest absolute Gasteiger partial charge is 0.130 e. The number of hydrogen-bond acceptors (Lipinski definition) is 8. The zero-order chi connectivity index (χ0) is 23.4. The van der Waals surface area contributed by atoms with E-state index in [4.69, 9.17) is 5.73 Å². The summed E-state index contributed by atoms with van der Waals surface area (Å²) in [5.74, 6) is 2.18. The maximum Gasteiger partial charge on any atom is 0.130 e. The molecule has 2 aromatic heterocycles. The summed E-state index contributed by atoms with van der Waals surface area (Å²) in [6.07, 6.45) is 5.43. The second-order valence-electron chi connectivity index (χ2n) is 8.15. The quantitative estimate of drug-likeness (QED) is 0.368. The standard InChI is InChI=1S/C25H29N7S/c1-17(18-7-8-28-25(11-18)32-14-22(15-32)31(3)4)30-24-10-21-9-19(5-6-20(21)12-29-24)23(13-27-2)33-16-26/h5-13,22H,1-2,14-16,26H2,3-4H3,(H,29,30)/b23-13-. The Kier molecular flexibility index (Phi) is 7.08. The predicted octanol–water partition coefficient (Wildman–Crippen LogP) is 4.11. The van der Waals surface area contributed by atoms with Crippen LogP contribution in [0.25, 0.3) is 21.4 Å². The van der Waals surface area contributed by atoms with E-state index in [0.717, 1.165) is 57.2 Å². The van der Waals surface area contributed by atoms with Crippen LogP contribution in [0.4, 0.5) is 11.6 Å². The molecule has 1 saturated heterocycles. The Morgan fingerprint density at radius 1 is 1.21 bits per heavy atom. The fraction of sp³-hybridized carbons (Fsp3) is 0.240. The summed E-state index contributed by atoms with van der Waals surface area (Å²) < 4.78 is 0. The molecule has 1 aliphatic heterocycles. The van der Waals surface area contributed by atoms with E-state index in [9.17, 15) is 0 Å². The molecule has 0 saturated carbocycles. The molecule has 33 heavy (non-hydrogen) atoms. The topological polar surface area (TPSA) is 82.7 Å². The highest BCUT2D eigenvalue weighted by Crippen LogP contribution is 2.30. The minimum Gasteiger partial charge on any atom is -0.353 e. The highest BCUT2D eigenvalue weighted by Gasteiger charge is 2.29. The molecule has 0 radical (unpaired) electrons. The maximum atomic E-state index is 5.73. The molecular formula is C25H29N7S. The number of benzene rings is 1. The minimum atomic E-state index is 0.476. The van der Waals surface area contributed by atoms with Crippen molar-refractivity contribution in [2.24, 2.45) is 10.7 Å². The molecule has 8 heteroatoms. The molecule has 0 spiro atoms. The molecule has 0 atom stereocenters. The normalized spacial score (nSPS) is 14.4. The first-order valence-electron chi connectivity index (χ1n) is 10.7. The fourth-order valence-electron chi connectivity index (χ4n) is 3.71. The van der Waals surface area contributed by atoms with Crippen LogP contribution >= 0.6 is 11.8 Å². The number of pyridine rings is 2. The number of hydrogen-bond donors (Lipinski definition) is 2. The number of nitrogens with one attached hydrogen (secondary N) is 1. The zero-order valence-electron chi connectivity index (χ0n) is 19.0. The van der Waals surface area contributed by atoms with Gasteiger partial charge in [0.2, 0.25) is 0 Å². The van der Waals surface area contributed by atoms with Crippen molar-refractivity contribution >= 4 is 51.5 Å². The average molecular weight is 460 g/mol. The van der Waals surface area contributed by atoms with Crippen LogP contribution in [-0.4, -0.2) is 60.7 Å². The average Bonchev–Trinajstić information content (AvgIpc) is 2.77. The second kappa shape index (κ2) is 10.2. The van der Waals surface area contributed by atoms with Gasteiger partial charge < -0.3 is 20.9 Å². The number of rotatable bonds is 9. The van der Waals surface area contributed by atoms with Crippen LogP contribution in [0.2, 0.25) is 0 Å². The largest absolute Gasteiger partial charge is 0.353 e. The highest BCUT2D eigenvalue weighted by molar-refractivity contribution is 8.08. The Hall–Kier alpha value is -3.20. The number of nitrogens with two attached hydrogens (primary N) is 1. The van der Waals surface area contributed by atoms with Gasteiger partial charge in [-0.2, -0.15) is 0 Å². The molecule has 1 fully saturated rings. The number of likely N-dealkylation sites (N-methyl/N-ethyl adjacent to an activating group) is 1. The van der Waals surface area contributed by atoms with Gasteiger partial charge in [-0.3, -0.25) is 4.99 Å². The van der Waals surface area contributed by atoms with Crippen LogP contribution in [0.1, 0.15) is 11.1 Å². The number of anilines is 2. The van der Waals surface area contributed by atoms with Crippen LogP contribution in [0, 0.1) is 0 Å². The third kappa shape index (κ3) is 5.24. The van der Waals surface area contributed by atoms with E-state index in [-0.39, 0.29) is 0 Å². The summed E-state index contributed by atoms with van der Waals surface area (Å²) >= 11 is 1.53. The molecule has 4 rings (SSSR count). The lowest BCUT2D eigenvalue weighted by molar-refractivity contribution is 0.246. The SMILES string of the molecule is C=N/C=C(\SCN)c1ccc2cnc(NC(=C)c3ccnc(N4CC(N(C)C)C4)c3)cc2c1. The van der Waals surface area contributed by atoms with Crippen LogP contribution < -0.4 is 16.0 Å². The first-order valence-corrected chi connectivity index (χ1v) is 11.7. The van der Waals surface area contributed by atoms with Gasteiger partial charge in [0.1, 0.15) is 11.6 Å². The van der Waals surface area contributed by atoms with Gasteiger partial charge in [0.05, 0.1) is 0 Å². The molecule has 0 amide bonds. The van der Waals surface area contributed by atoms with Gasteiger partial charge in [-0.25, -0.2) is 9.97 Å². The Morgan fingerprint density at radius 3 is 2.76 bits per heavy atom. The van der Waals surface area contributed by atoms with Gasteiger partial charge in [0.15, 0.2) is 0 Å². The molecule has 1 aliphatic rings. The second-order valence-corrected chi connectivity index (χ2v) is 9.21. The molecule has 0 aliphatic carbocycles. The van der Waals surface area contributed by atoms with Crippen molar-refractivity contribution in [3.05, 3.63) is 72.7 Å². The molecule has 0 unspecified atom stereocenters. The summed E-state index contributed by atoms with van der Waals surface area (Å²) in [6, 6.07) is 12.8. The van der Waals surface area contributed by atoms with E-state index < -0.39 is 0 Å². The van der Waals surface area contributed by atoms with Crippen LogP contribution in [0.5, 0.6) is 0 Å². The molecular weight excluding hydrogens is 430 g/mol. The molecule has 7 nitrogen and oxygen atoms in total. The molecule has 3 aromatic rings. The van der Waals surface area contributed by atoms with Crippen molar-refractivity contribution in [1.82, 2.24) is 14.9 Å². The molecule has 0 bridgehead atoms. The third-order valence-electron chi connectivity index (χ3n) is 5.74. The lowest BCUT2D eigenvalue weighted by Crippen LogP contribution is -2.57. The van der Waals surface area contributed by atoms with Crippen molar-refractivity contribution in [1.29, 1.82) is 0 Å². The van der Waals surface area contributed by atoms with Crippen molar-refractivity contribution in [2.75, 3.05) is 43.3 Å². The van der Waals surface area contributed by atoms with Crippen molar-refractivity contribution < 1.29 is 0 Å². The zero-order valence-corrected chi connectivity index (χ0v) is 19.8. The van der Waals surface area contributed by atoms with Gasteiger partial charge >= 0.3 is 0 Å². The predicted molar refractivity (Wildman–Crippen MR) is 142 cm³/mol. The van der Waals surface area contributed by atoms with E-state index in [2.05, 4.69) is 69.6 Å². The Labute approximate surface area is 199 Å². The van der Waals surface area contributed by atoms with Gasteiger partial charge in [0.25, 0.3) is 0 Å². The van der Waals surface area contributed by atoms with Crippen LogP contribution in [0.3, 0.4) is 0 Å². The summed E-state index contributed by atoms with van der Waals surface area (Å²) in [4.78, 5) is 18.5. The number of aromatic nitrogens is 2. The van der Waals surface area contributed by atoms with E-state index >= 15 is 0 Å². The van der Waals surface area contributed by atoms with E-state index in [0.29, 0.717) is 11.9 Å². The van der Waals surface area contributed by atoms with E-state index in [1.54, 1.807) is 6.20 Å². The van der Waals surface area contributed by atoms with Gasteiger partial charge in [0, 0.05) is 65.2 Å². The van der Waals surface area contributed by atoms with E-state index in [1.807, 2.05) is 36.7 Å². The van der Waals surface area contributed by atoms with Gasteiger partial charge in [-0.05, 0) is 56.0 Å². The molecule has 3 heterocycles. The number of fused-ring (bicyclic) bond motifs is 1. The highest BCUT2D eigenvalue weighted by atomic mass is 32.2. The van der Waals surface area contributed by atoms with Gasteiger partial charge in [-0.1, -0.05) is 18.7 Å². The van der Waals surface area contributed by atoms with Gasteiger partial charge in [-0.15, -0.1) is 11.8 Å². The minimum absolute atomic E-state index is 0.476. The summed E-state index contributed by atoms with van der Waals surface area (Å²) in [5, 5.41) is 5.47. The van der Waals surface area contributed by atoms with Crippen LogP contribution in [-0.2, 0) is 0 Å². The van der Waals surface area contributed by atoms with Crippen molar-refractivity contribution in [3.63, 3.8) is 0 Å². The number of nitrogens with zero attached hydrogens (tertiary/aromatic N) is 5. The van der Waals surface area contributed by atoms with Crippen LogP contribution in [0.15, 0.2) is 66.6 Å². The lowest BCUT2D eigenvalue weighted by atomic mass is 10.1. The Balaban J connectivity index is 1.51. The summed E-state index contributed by atoms with van der Waals surface area (Å²) in [6.45, 7) is 9.76.